The molecule has 0 spiro atoms. The number of hydrogen-bond donors (Lipinski definition) is 2. The first-order valence-corrected chi connectivity index (χ1v) is 6.74. The molecule has 1 amide bonds. The maximum atomic E-state index is 11.9. The van der Waals surface area contributed by atoms with Crippen molar-refractivity contribution in [2.75, 3.05) is 26.4 Å². The summed E-state index contributed by atoms with van der Waals surface area (Å²) in [5, 5.41) is 2.72. The Kier molecular flexibility index (Phi) is 5.46. The molecular weight excluding hydrogens is 282 g/mol. The summed E-state index contributed by atoms with van der Waals surface area (Å²) >= 11 is 0. The molecule has 0 radical (unpaired) electrons. The second-order valence-electron chi connectivity index (χ2n) is 4.72. The lowest BCUT2D eigenvalue weighted by Gasteiger charge is -2.14. The van der Waals surface area contributed by atoms with Crippen LogP contribution in [0.2, 0.25) is 0 Å². The number of carbonyl (C=O) groups excluding carboxylic acids is 1. The van der Waals surface area contributed by atoms with E-state index in [9.17, 15) is 13.6 Å². The lowest BCUT2D eigenvalue weighted by Crippen LogP contribution is -2.24. The van der Waals surface area contributed by atoms with Crippen LogP contribution in [0.25, 0.3) is 0 Å². The Morgan fingerprint density at radius 1 is 1.43 bits per heavy atom. The van der Waals surface area contributed by atoms with Gasteiger partial charge in [-0.3, -0.25) is 4.79 Å². The van der Waals surface area contributed by atoms with Crippen LogP contribution in [0.15, 0.2) is 18.2 Å². The molecule has 21 heavy (non-hydrogen) atoms. The van der Waals surface area contributed by atoms with Crippen molar-refractivity contribution in [1.29, 1.82) is 0 Å². The van der Waals surface area contributed by atoms with E-state index in [1.54, 1.807) is 18.2 Å². The van der Waals surface area contributed by atoms with E-state index in [0.29, 0.717) is 30.9 Å². The molecular formula is C14H18F2N2O3. The normalized spacial score (nSPS) is 15.9. The van der Waals surface area contributed by atoms with Gasteiger partial charge in [0.2, 0.25) is 0 Å². The molecule has 1 atom stereocenters. The average molecular weight is 300 g/mol. The first-order chi connectivity index (χ1) is 10.1. The van der Waals surface area contributed by atoms with Crippen molar-refractivity contribution < 1.29 is 23.0 Å². The van der Waals surface area contributed by atoms with Gasteiger partial charge >= 0.3 is 0 Å². The number of benzene rings is 1. The van der Waals surface area contributed by atoms with Crippen molar-refractivity contribution in [2.45, 2.75) is 18.9 Å². The molecule has 0 aliphatic carbocycles. The SMILES string of the molecule is NC(CCOCC(F)F)c1ccc2c(c1)C(=O)NCCO2. The topological polar surface area (TPSA) is 73.6 Å². The largest absolute Gasteiger partial charge is 0.491 e. The van der Waals surface area contributed by atoms with Crippen LogP contribution in [0, 0.1) is 0 Å². The highest BCUT2D eigenvalue weighted by atomic mass is 19.3. The number of carbonyl (C=O) groups is 1. The predicted octanol–water partition coefficient (Wildman–Crippen LogP) is 1.48. The van der Waals surface area contributed by atoms with Gasteiger partial charge in [0, 0.05) is 12.6 Å². The Labute approximate surface area is 121 Å². The fourth-order valence-corrected chi connectivity index (χ4v) is 2.05. The van der Waals surface area contributed by atoms with Gasteiger partial charge in [0.25, 0.3) is 12.3 Å². The Hall–Kier alpha value is -1.73. The lowest BCUT2D eigenvalue weighted by atomic mass is 10.0. The number of nitrogens with one attached hydrogen (secondary N) is 1. The second-order valence-corrected chi connectivity index (χ2v) is 4.72. The molecule has 3 N–H and O–H groups in total. The van der Waals surface area contributed by atoms with E-state index in [-0.39, 0.29) is 18.6 Å². The summed E-state index contributed by atoms with van der Waals surface area (Å²) in [6.45, 7) is 0.431. The van der Waals surface area contributed by atoms with Gasteiger partial charge in [0.1, 0.15) is 19.0 Å². The molecule has 1 aliphatic heterocycles. The molecule has 0 bridgehead atoms. The Morgan fingerprint density at radius 2 is 2.24 bits per heavy atom. The number of fused-ring (bicyclic) bond motifs is 1. The number of rotatable bonds is 6. The maximum absolute atomic E-state index is 11.9. The van der Waals surface area contributed by atoms with Gasteiger partial charge in [0.15, 0.2) is 0 Å². The monoisotopic (exact) mass is 300 g/mol. The molecule has 0 aromatic heterocycles. The fourth-order valence-electron chi connectivity index (χ4n) is 2.05. The van der Waals surface area contributed by atoms with Gasteiger partial charge in [-0.1, -0.05) is 6.07 Å². The minimum atomic E-state index is -2.48. The second kappa shape index (κ2) is 7.33. The van der Waals surface area contributed by atoms with Gasteiger partial charge in [-0.2, -0.15) is 0 Å². The van der Waals surface area contributed by atoms with Crippen LogP contribution in [0.3, 0.4) is 0 Å². The van der Waals surface area contributed by atoms with Crippen LogP contribution in [0.4, 0.5) is 8.78 Å². The lowest BCUT2D eigenvalue weighted by molar-refractivity contribution is 0.0152. The third kappa shape index (κ3) is 4.37. The number of amides is 1. The summed E-state index contributed by atoms with van der Waals surface area (Å²) in [4.78, 5) is 11.9. The van der Waals surface area contributed by atoms with Gasteiger partial charge in [-0.15, -0.1) is 0 Å². The van der Waals surface area contributed by atoms with Crippen molar-refractivity contribution >= 4 is 5.91 Å². The first kappa shape index (κ1) is 15.7. The molecule has 7 heteroatoms. The summed E-state index contributed by atoms with van der Waals surface area (Å²) in [6.07, 6.45) is -2.08. The predicted molar refractivity (Wildman–Crippen MR) is 72.6 cm³/mol. The van der Waals surface area contributed by atoms with E-state index in [4.69, 9.17) is 15.2 Å². The van der Waals surface area contributed by atoms with Crippen molar-refractivity contribution in [3.8, 4) is 5.75 Å². The number of alkyl halides is 2. The van der Waals surface area contributed by atoms with Crippen LogP contribution >= 0.6 is 0 Å². The van der Waals surface area contributed by atoms with E-state index in [1.807, 2.05) is 0 Å². The molecule has 0 fully saturated rings. The van der Waals surface area contributed by atoms with Gasteiger partial charge in [0.05, 0.1) is 12.1 Å². The maximum Gasteiger partial charge on any atom is 0.261 e. The summed E-state index contributed by atoms with van der Waals surface area (Å²) in [7, 11) is 0. The highest BCUT2D eigenvalue weighted by Gasteiger charge is 2.18. The highest BCUT2D eigenvalue weighted by Crippen LogP contribution is 2.25. The summed E-state index contributed by atoms with van der Waals surface area (Å²) < 4.78 is 34.1. The summed E-state index contributed by atoms with van der Waals surface area (Å²) in [6, 6.07) is 4.77. The van der Waals surface area contributed by atoms with Gasteiger partial charge in [-0.25, -0.2) is 8.78 Å². The van der Waals surface area contributed by atoms with Gasteiger partial charge in [-0.05, 0) is 24.1 Å². The Balaban J connectivity index is 1.98. The number of hydrogen-bond acceptors (Lipinski definition) is 4. The van der Waals surface area contributed by atoms with Crippen LogP contribution in [0.1, 0.15) is 28.4 Å². The number of ether oxygens (including phenoxy) is 2. The van der Waals surface area contributed by atoms with Crippen LogP contribution < -0.4 is 15.8 Å². The molecule has 0 saturated carbocycles. The zero-order chi connectivity index (χ0) is 15.2. The molecule has 5 nitrogen and oxygen atoms in total. The number of nitrogens with two attached hydrogens (primary N) is 1. The Bertz CT molecular complexity index is 497. The zero-order valence-corrected chi connectivity index (χ0v) is 11.5. The molecule has 1 heterocycles. The zero-order valence-electron chi connectivity index (χ0n) is 11.5. The standard InChI is InChI=1S/C14H18F2N2O3/c15-13(16)8-20-5-3-11(17)9-1-2-12-10(7-9)14(19)18-4-6-21-12/h1-2,7,11,13H,3-6,8,17H2,(H,18,19). The molecule has 0 saturated heterocycles. The molecule has 1 aliphatic rings. The third-order valence-corrected chi connectivity index (χ3v) is 3.14. The van der Waals surface area contributed by atoms with Crippen LogP contribution in [-0.4, -0.2) is 38.7 Å². The molecule has 1 unspecified atom stereocenters. The molecule has 1 aromatic carbocycles. The van der Waals surface area contributed by atoms with E-state index < -0.39 is 13.0 Å². The van der Waals surface area contributed by atoms with E-state index in [0.717, 1.165) is 5.56 Å². The minimum Gasteiger partial charge on any atom is -0.491 e. The van der Waals surface area contributed by atoms with E-state index >= 15 is 0 Å². The summed E-state index contributed by atoms with van der Waals surface area (Å²) in [5.41, 5.74) is 7.17. The van der Waals surface area contributed by atoms with Crippen LogP contribution in [0.5, 0.6) is 5.75 Å². The van der Waals surface area contributed by atoms with Gasteiger partial charge < -0.3 is 20.5 Å². The fraction of sp³-hybridized carbons (Fsp3) is 0.500. The molecule has 1 aromatic rings. The number of halogens is 2. The molecule has 116 valence electrons. The quantitative estimate of drug-likeness (QED) is 0.781. The van der Waals surface area contributed by atoms with Crippen molar-refractivity contribution in [3.05, 3.63) is 29.3 Å². The third-order valence-electron chi connectivity index (χ3n) is 3.14. The van der Waals surface area contributed by atoms with Crippen molar-refractivity contribution in [2.24, 2.45) is 5.73 Å². The van der Waals surface area contributed by atoms with Crippen molar-refractivity contribution in [3.63, 3.8) is 0 Å². The highest BCUT2D eigenvalue weighted by molar-refractivity contribution is 5.97. The minimum absolute atomic E-state index is 0.144. The van der Waals surface area contributed by atoms with Crippen LogP contribution in [-0.2, 0) is 4.74 Å². The Morgan fingerprint density at radius 3 is 3.00 bits per heavy atom. The first-order valence-electron chi connectivity index (χ1n) is 6.74. The van der Waals surface area contributed by atoms with E-state index in [1.165, 1.54) is 0 Å². The smallest absolute Gasteiger partial charge is 0.261 e. The summed E-state index contributed by atoms with van der Waals surface area (Å²) in [5.74, 6) is 0.320. The van der Waals surface area contributed by atoms with Crippen molar-refractivity contribution in [1.82, 2.24) is 5.32 Å². The van der Waals surface area contributed by atoms with E-state index in [2.05, 4.69) is 5.32 Å². The average Bonchev–Trinajstić information content (AvgIpc) is 2.65. The molecule has 2 rings (SSSR count).